The molecule has 316 valence electrons. The Kier molecular flexibility index (Phi) is 15.0. The zero-order valence-corrected chi connectivity index (χ0v) is 38.6. The maximum Gasteiger partial charge on any atom is 1.00 e. The van der Waals surface area contributed by atoms with Crippen LogP contribution in [0.1, 0.15) is 83.8 Å². The zero-order chi connectivity index (χ0) is 42.8. The summed E-state index contributed by atoms with van der Waals surface area (Å²) < 4.78 is 74.8. The fourth-order valence-electron chi connectivity index (χ4n) is 8.87. The van der Waals surface area contributed by atoms with Gasteiger partial charge in [0.2, 0.25) is 0 Å². The van der Waals surface area contributed by atoms with E-state index in [2.05, 4.69) is 69.0 Å². The molecule has 0 spiro atoms. The minimum absolute atomic E-state index is 0. The third kappa shape index (κ3) is 10.8. The fourth-order valence-corrected chi connectivity index (χ4v) is 9.99. The van der Waals surface area contributed by atoms with Gasteiger partial charge in [0.25, 0.3) is 5.69 Å². The molecule has 2 heterocycles. The van der Waals surface area contributed by atoms with Crippen molar-refractivity contribution in [2.75, 3.05) is 35.2 Å². The number of nitro groups is 1. The summed E-state index contributed by atoms with van der Waals surface area (Å²) >= 11 is 0. The maximum atomic E-state index is 11.9. The smallest absolute Gasteiger partial charge is 0.748 e. The molecular formula is C44H53N4NaO9S2. The molecule has 2 unspecified atom stereocenters. The summed E-state index contributed by atoms with van der Waals surface area (Å²) in [6, 6.07) is 20.7. The van der Waals surface area contributed by atoms with Crippen molar-refractivity contribution in [3.05, 3.63) is 135 Å². The number of nitrogens with two attached hydrogens (primary N) is 1. The van der Waals surface area contributed by atoms with Gasteiger partial charge in [-0.05, 0) is 112 Å². The second-order valence-electron chi connectivity index (χ2n) is 16.6. The Labute approximate surface area is 376 Å². The number of para-hydroxylation sites is 2. The Morgan fingerprint density at radius 1 is 0.883 bits per heavy atom. The number of nitrogen functional groups attached to an aromatic ring is 1. The molecule has 0 saturated carbocycles. The number of hydrogen-bond donors (Lipinski definition) is 2. The first-order chi connectivity index (χ1) is 27.8. The molecule has 0 saturated heterocycles. The van der Waals surface area contributed by atoms with Gasteiger partial charge in [0.15, 0.2) is 0 Å². The molecule has 0 fully saturated rings. The Bertz CT molecular complexity index is 2440. The predicted octanol–water partition coefficient (Wildman–Crippen LogP) is 3.69. The first kappa shape index (κ1) is 47.3. The summed E-state index contributed by atoms with van der Waals surface area (Å²) in [5.41, 5.74) is 12.3. The Hall–Kier alpha value is -3.80. The van der Waals surface area contributed by atoms with Crippen LogP contribution >= 0.6 is 0 Å². The van der Waals surface area contributed by atoms with Crippen LogP contribution in [0.3, 0.4) is 0 Å². The molecule has 3 N–H and O–H groups in total. The topological polar surface area (TPSA) is 200 Å². The first-order valence-electron chi connectivity index (χ1n) is 20.0. The average Bonchev–Trinajstić information content (AvgIpc) is 3.51. The molecular weight excluding hydrogens is 816 g/mol. The van der Waals surface area contributed by atoms with E-state index in [0.717, 1.165) is 40.2 Å². The van der Waals surface area contributed by atoms with Gasteiger partial charge in [-0.3, -0.25) is 15.0 Å². The van der Waals surface area contributed by atoms with Crippen molar-refractivity contribution in [3.63, 3.8) is 0 Å². The van der Waals surface area contributed by atoms with Gasteiger partial charge in [-0.1, -0.05) is 62.4 Å². The van der Waals surface area contributed by atoms with Gasteiger partial charge in [-0.15, -0.1) is 0 Å². The molecule has 2 aliphatic heterocycles. The molecule has 1 aliphatic carbocycles. The second-order valence-corrected chi connectivity index (χ2v) is 19.7. The van der Waals surface area contributed by atoms with Crippen molar-refractivity contribution < 1.29 is 70.1 Å². The zero-order valence-electron chi connectivity index (χ0n) is 35.0. The molecule has 3 aromatic rings. The normalized spacial score (nSPS) is 21.0. The number of rotatable bonds is 16. The number of anilines is 2. The average molecular weight is 869 g/mol. The van der Waals surface area contributed by atoms with Crippen LogP contribution < -0.4 is 49.8 Å². The number of hydrogen-bond acceptors (Lipinski definition) is 11. The van der Waals surface area contributed by atoms with E-state index in [0.29, 0.717) is 44.5 Å². The number of nitrogens with zero attached hydrogens (tertiary/aromatic N) is 2. The Morgan fingerprint density at radius 2 is 1.53 bits per heavy atom. The van der Waals surface area contributed by atoms with E-state index in [-0.39, 0.29) is 71.0 Å². The summed E-state index contributed by atoms with van der Waals surface area (Å²) in [6.07, 6.45) is 12.1. The molecule has 60 heavy (non-hydrogen) atoms. The minimum atomic E-state index is -4.33. The third-order valence-corrected chi connectivity index (χ3v) is 13.4. The quantitative estimate of drug-likeness (QED) is 0.0532. The molecule has 0 radical (unpaired) electrons. The molecule has 13 nitrogen and oxygen atoms in total. The van der Waals surface area contributed by atoms with Crippen LogP contribution in [0.4, 0.5) is 22.7 Å². The molecule has 16 heteroatoms. The molecule has 3 aromatic carbocycles. The maximum absolute atomic E-state index is 11.9. The third-order valence-electron chi connectivity index (χ3n) is 11.9. The number of benzene rings is 3. The van der Waals surface area contributed by atoms with Crippen LogP contribution in [0.25, 0.3) is 0 Å². The Morgan fingerprint density at radius 3 is 2.22 bits per heavy atom. The number of nitro benzene ring substituents is 1. The molecule has 3 aliphatic rings. The molecule has 2 atom stereocenters. The number of quaternary nitrogens is 1. The molecule has 0 bridgehead atoms. The van der Waals surface area contributed by atoms with Crippen LogP contribution in [0.2, 0.25) is 0 Å². The second kappa shape index (κ2) is 19.1. The SMILES string of the molecule is CC1(C)/C(=C\C=C2/CCCC(/C=C/C3[NH+](CCCCS(=O)(=O)[O-])c4ccccc4C3(C)C)=C2Oc2ccc(N)c([N+](=O)[O-])c2)N(CCCCS(=O)(=O)[O-])c2ccccc21.[Na+]. The molecule has 0 amide bonds. The monoisotopic (exact) mass is 868 g/mol. The van der Waals surface area contributed by atoms with Crippen molar-refractivity contribution in [1.82, 2.24) is 0 Å². The van der Waals surface area contributed by atoms with Gasteiger partial charge >= 0.3 is 29.6 Å². The number of unbranched alkanes of at least 4 members (excludes halogenated alkanes) is 2. The molecule has 6 rings (SSSR count). The van der Waals surface area contributed by atoms with E-state index < -0.39 is 42.1 Å². The number of ether oxygens (including phenoxy) is 1. The van der Waals surface area contributed by atoms with Crippen molar-refractivity contribution in [2.24, 2.45) is 0 Å². The van der Waals surface area contributed by atoms with Gasteiger partial charge in [0.1, 0.15) is 28.9 Å². The minimum Gasteiger partial charge on any atom is -0.748 e. The summed E-state index contributed by atoms with van der Waals surface area (Å²) in [5, 5.41) is 11.9. The van der Waals surface area contributed by atoms with Crippen molar-refractivity contribution >= 4 is 43.0 Å². The molecule has 0 aromatic heterocycles. The van der Waals surface area contributed by atoms with Crippen molar-refractivity contribution in [2.45, 2.75) is 89.5 Å². The van der Waals surface area contributed by atoms with Gasteiger partial charge < -0.3 is 24.5 Å². The van der Waals surface area contributed by atoms with Crippen LogP contribution in [0.5, 0.6) is 5.75 Å². The predicted molar refractivity (Wildman–Crippen MR) is 227 cm³/mol. The van der Waals surface area contributed by atoms with Gasteiger partial charge in [-0.25, -0.2) is 16.8 Å². The van der Waals surface area contributed by atoms with E-state index in [4.69, 9.17) is 10.5 Å². The van der Waals surface area contributed by atoms with E-state index in [9.17, 15) is 36.1 Å². The van der Waals surface area contributed by atoms with E-state index in [1.165, 1.54) is 22.6 Å². The van der Waals surface area contributed by atoms with Crippen molar-refractivity contribution in [3.8, 4) is 5.75 Å². The fraction of sp³-hybridized carbons (Fsp3) is 0.409. The van der Waals surface area contributed by atoms with Gasteiger partial charge in [-0.2, -0.15) is 0 Å². The van der Waals surface area contributed by atoms with Crippen molar-refractivity contribution in [1.29, 1.82) is 0 Å². The van der Waals surface area contributed by atoms with E-state index >= 15 is 0 Å². The van der Waals surface area contributed by atoms with Crippen LogP contribution in [0, 0.1) is 10.1 Å². The van der Waals surface area contributed by atoms with E-state index in [1.54, 1.807) is 6.07 Å². The number of fused-ring (bicyclic) bond motifs is 2. The van der Waals surface area contributed by atoms with Gasteiger partial charge in [0.05, 0.1) is 43.2 Å². The summed E-state index contributed by atoms with van der Waals surface area (Å²) in [7, 11) is -8.64. The van der Waals surface area contributed by atoms with Crippen LogP contribution in [0.15, 0.2) is 114 Å². The summed E-state index contributed by atoms with van der Waals surface area (Å²) in [4.78, 5) is 14.7. The largest absolute Gasteiger partial charge is 1.00 e. The first-order valence-corrected chi connectivity index (χ1v) is 23.2. The van der Waals surface area contributed by atoms with Gasteiger partial charge in [0, 0.05) is 40.4 Å². The van der Waals surface area contributed by atoms with Crippen LogP contribution in [-0.4, -0.2) is 61.5 Å². The number of nitrogens with one attached hydrogen (secondary N) is 1. The Balaban J connectivity index is 0.00000683. The van der Waals surface area contributed by atoms with E-state index in [1.807, 2.05) is 36.4 Å². The summed E-state index contributed by atoms with van der Waals surface area (Å²) in [5.74, 6) is 0.0279. The number of allylic oxidation sites excluding steroid dienone is 6. The standard InChI is InChI=1S/C44H54N4O9S2.Na/c1-43(2)34-16-5-7-18-37(34)46(26-9-11-28-58(51,52)53)40(43)24-20-31-14-13-15-32(42(31)57-33-22-23-36(45)39(30-33)48(49)50)21-25-41-44(3,4)35-17-6-8-19-38(35)47(41)27-10-12-29-59(54,55)56;/h5-8,16-25,30,40H,9-15,26-29,45H2,1-4H3,(H,51,52,53)(H,54,55,56);/q;+1/p-1/b24-20+,32-21+,41-25+;. The van der Waals surface area contributed by atoms with Crippen LogP contribution in [-0.2, 0) is 31.1 Å². The summed E-state index contributed by atoms with van der Waals surface area (Å²) in [6.45, 7) is 9.81.